The molecule has 9 heteroatoms. The van der Waals surface area contributed by atoms with E-state index in [-0.39, 0.29) is 11.4 Å². The number of aromatic nitrogens is 4. The molecule has 1 saturated heterocycles. The number of nitrogens with one attached hydrogen (secondary N) is 1. The summed E-state index contributed by atoms with van der Waals surface area (Å²) >= 11 is 1.28. The molecule has 4 aromatic rings. The number of likely N-dealkylation sites (tertiary alicyclic amines) is 1. The van der Waals surface area contributed by atoms with Crippen LogP contribution in [0.3, 0.4) is 0 Å². The van der Waals surface area contributed by atoms with Crippen LogP contribution >= 0.6 is 11.5 Å². The summed E-state index contributed by atoms with van der Waals surface area (Å²) in [6, 6.07) is 14.0. The van der Waals surface area contributed by atoms with Crippen LogP contribution in [0.25, 0.3) is 17.1 Å². The highest BCUT2D eigenvalue weighted by Crippen LogP contribution is 2.44. The van der Waals surface area contributed by atoms with Crippen LogP contribution in [-0.2, 0) is 5.54 Å². The molecule has 1 spiro atoms. The Bertz CT molecular complexity index is 1310. The summed E-state index contributed by atoms with van der Waals surface area (Å²) in [6.07, 6.45) is 5.37. The third kappa shape index (κ3) is 3.27. The quantitative estimate of drug-likeness (QED) is 0.500. The number of rotatable bonds is 3. The van der Waals surface area contributed by atoms with Gasteiger partial charge in [-0.05, 0) is 60.8 Å². The highest BCUT2D eigenvalue weighted by molar-refractivity contribution is 7.03. The van der Waals surface area contributed by atoms with E-state index in [1.807, 2.05) is 34.5 Å². The summed E-state index contributed by atoms with van der Waals surface area (Å²) < 4.78 is 11.6. The van der Waals surface area contributed by atoms with Gasteiger partial charge in [0.15, 0.2) is 0 Å². The SMILES string of the molecule is COc1ccc2c(c1)NC1(CCN(C(=O)c3ccc(-c4csnn4)nc3)CC1)c1cccn1-2. The first-order valence-corrected chi connectivity index (χ1v) is 11.7. The van der Waals surface area contributed by atoms with Gasteiger partial charge in [-0.15, -0.1) is 5.10 Å². The van der Waals surface area contributed by atoms with Crippen molar-refractivity contribution in [1.82, 2.24) is 24.0 Å². The number of amides is 1. The van der Waals surface area contributed by atoms with Gasteiger partial charge in [0.1, 0.15) is 11.4 Å². The number of nitrogens with zero attached hydrogens (tertiary/aromatic N) is 5. The van der Waals surface area contributed by atoms with E-state index in [1.54, 1.807) is 13.3 Å². The lowest BCUT2D eigenvalue weighted by Crippen LogP contribution is -2.51. The van der Waals surface area contributed by atoms with Gasteiger partial charge < -0.3 is 19.5 Å². The van der Waals surface area contributed by atoms with Crippen LogP contribution in [0.4, 0.5) is 5.69 Å². The Morgan fingerprint density at radius 1 is 1.15 bits per heavy atom. The van der Waals surface area contributed by atoms with Gasteiger partial charge >= 0.3 is 0 Å². The number of methoxy groups -OCH3 is 1. The summed E-state index contributed by atoms with van der Waals surface area (Å²) in [5, 5.41) is 9.66. The Morgan fingerprint density at radius 2 is 2.03 bits per heavy atom. The number of anilines is 1. The molecule has 5 heterocycles. The van der Waals surface area contributed by atoms with Crippen LogP contribution in [0.15, 0.2) is 60.2 Å². The average molecular weight is 459 g/mol. The molecule has 2 aliphatic rings. The first-order chi connectivity index (χ1) is 16.2. The van der Waals surface area contributed by atoms with E-state index in [2.05, 4.69) is 48.9 Å². The second kappa shape index (κ2) is 7.70. The fourth-order valence-electron chi connectivity index (χ4n) is 4.86. The number of carbonyl (C=O) groups excluding carboxylic acids is 1. The topological polar surface area (TPSA) is 85.2 Å². The van der Waals surface area contributed by atoms with Gasteiger partial charge in [-0.1, -0.05) is 4.49 Å². The van der Waals surface area contributed by atoms with Crippen LogP contribution in [-0.4, -0.2) is 50.1 Å². The van der Waals surface area contributed by atoms with Gasteiger partial charge in [0, 0.05) is 42.6 Å². The van der Waals surface area contributed by atoms with Crippen molar-refractivity contribution < 1.29 is 9.53 Å². The molecule has 33 heavy (non-hydrogen) atoms. The van der Waals surface area contributed by atoms with E-state index in [1.165, 1.54) is 17.2 Å². The molecular weight excluding hydrogens is 436 g/mol. The van der Waals surface area contributed by atoms with Crippen LogP contribution in [0.2, 0.25) is 0 Å². The molecule has 166 valence electrons. The number of hydrogen-bond acceptors (Lipinski definition) is 7. The predicted molar refractivity (Wildman–Crippen MR) is 126 cm³/mol. The van der Waals surface area contributed by atoms with Crippen molar-refractivity contribution in [2.75, 3.05) is 25.5 Å². The summed E-state index contributed by atoms with van der Waals surface area (Å²) in [5.41, 5.74) is 5.21. The van der Waals surface area contributed by atoms with E-state index >= 15 is 0 Å². The molecule has 0 aliphatic carbocycles. The van der Waals surface area contributed by atoms with Crippen molar-refractivity contribution >= 4 is 23.1 Å². The zero-order valence-corrected chi connectivity index (χ0v) is 18.9. The minimum atomic E-state index is -0.223. The Balaban J connectivity index is 1.22. The van der Waals surface area contributed by atoms with Gasteiger partial charge in [0.2, 0.25) is 0 Å². The number of fused-ring (bicyclic) bond motifs is 4. The minimum absolute atomic E-state index is 0.00793. The van der Waals surface area contributed by atoms with Gasteiger partial charge in [0.05, 0.1) is 35.3 Å². The molecule has 1 amide bonds. The predicted octanol–water partition coefficient (Wildman–Crippen LogP) is 3.96. The van der Waals surface area contributed by atoms with E-state index < -0.39 is 0 Å². The molecule has 1 N–H and O–H groups in total. The normalized spacial score (nSPS) is 16.1. The highest BCUT2D eigenvalue weighted by Gasteiger charge is 2.42. The minimum Gasteiger partial charge on any atom is -0.497 e. The lowest BCUT2D eigenvalue weighted by atomic mass is 9.82. The second-order valence-electron chi connectivity index (χ2n) is 8.37. The van der Waals surface area contributed by atoms with Crippen molar-refractivity contribution in [3.05, 3.63) is 71.5 Å². The molecule has 3 aromatic heterocycles. The standard InChI is InChI=1S/C24H22N6O2S/c1-32-17-5-7-21-19(13-17)26-24(22-3-2-10-30(21)22)8-11-29(12-9-24)23(31)16-4-6-18(25-14-16)20-15-33-28-27-20/h2-7,10,13-15,26H,8-9,11-12H2,1H3. The van der Waals surface area contributed by atoms with E-state index in [0.29, 0.717) is 18.7 Å². The zero-order chi connectivity index (χ0) is 22.4. The molecular formula is C24H22N6O2S. The third-order valence-corrected chi connectivity index (χ3v) is 7.12. The number of ether oxygens (including phenoxy) is 1. The Labute approximate surface area is 195 Å². The molecule has 0 bridgehead atoms. The molecule has 2 aliphatic heterocycles. The van der Waals surface area contributed by atoms with Gasteiger partial charge in [-0.2, -0.15) is 0 Å². The number of pyridine rings is 1. The van der Waals surface area contributed by atoms with Gasteiger partial charge in [-0.3, -0.25) is 9.78 Å². The van der Waals surface area contributed by atoms with Crippen molar-refractivity contribution in [2.45, 2.75) is 18.4 Å². The van der Waals surface area contributed by atoms with E-state index in [9.17, 15) is 4.79 Å². The largest absolute Gasteiger partial charge is 0.497 e. The number of hydrogen-bond donors (Lipinski definition) is 1. The number of benzene rings is 1. The molecule has 0 atom stereocenters. The summed E-state index contributed by atoms with van der Waals surface area (Å²) in [6.45, 7) is 1.32. The molecule has 6 rings (SSSR count). The van der Waals surface area contributed by atoms with Crippen LogP contribution in [0.1, 0.15) is 28.9 Å². The van der Waals surface area contributed by atoms with Gasteiger partial charge in [-0.25, -0.2) is 0 Å². The number of carbonyl (C=O) groups is 1. The van der Waals surface area contributed by atoms with Crippen LogP contribution in [0, 0.1) is 0 Å². The Kier molecular flexibility index (Phi) is 4.65. The molecule has 1 fully saturated rings. The maximum Gasteiger partial charge on any atom is 0.255 e. The van der Waals surface area contributed by atoms with Gasteiger partial charge in [0.25, 0.3) is 5.91 Å². The van der Waals surface area contributed by atoms with E-state index in [4.69, 9.17) is 4.74 Å². The monoisotopic (exact) mass is 458 g/mol. The maximum atomic E-state index is 13.2. The Morgan fingerprint density at radius 3 is 2.76 bits per heavy atom. The fourth-order valence-corrected chi connectivity index (χ4v) is 5.31. The fraction of sp³-hybridized carbons (Fsp3) is 0.250. The first-order valence-electron chi connectivity index (χ1n) is 10.8. The summed E-state index contributed by atoms with van der Waals surface area (Å²) in [5.74, 6) is 0.831. The van der Waals surface area contributed by atoms with Crippen molar-refractivity contribution in [2.24, 2.45) is 0 Å². The van der Waals surface area contributed by atoms with Crippen molar-refractivity contribution in [3.8, 4) is 22.8 Å². The lowest BCUT2D eigenvalue weighted by molar-refractivity contribution is 0.0676. The number of piperidine rings is 1. The first kappa shape index (κ1) is 19.9. The van der Waals surface area contributed by atoms with E-state index in [0.717, 1.165) is 41.4 Å². The second-order valence-corrected chi connectivity index (χ2v) is 8.98. The van der Waals surface area contributed by atoms with Crippen LogP contribution < -0.4 is 10.1 Å². The molecule has 0 saturated carbocycles. The highest BCUT2D eigenvalue weighted by atomic mass is 32.1. The molecule has 8 nitrogen and oxygen atoms in total. The average Bonchev–Trinajstić information content (AvgIpc) is 3.57. The maximum absolute atomic E-state index is 13.2. The smallest absolute Gasteiger partial charge is 0.255 e. The summed E-state index contributed by atoms with van der Waals surface area (Å²) in [4.78, 5) is 19.5. The van der Waals surface area contributed by atoms with Crippen LogP contribution in [0.5, 0.6) is 5.75 Å². The zero-order valence-electron chi connectivity index (χ0n) is 18.1. The van der Waals surface area contributed by atoms with Crippen molar-refractivity contribution in [1.29, 1.82) is 0 Å². The third-order valence-electron chi connectivity index (χ3n) is 6.61. The lowest BCUT2D eigenvalue weighted by Gasteiger charge is -2.46. The molecule has 0 radical (unpaired) electrons. The molecule has 1 aromatic carbocycles. The molecule has 0 unspecified atom stereocenters. The summed E-state index contributed by atoms with van der Waals surface area (Å²) in [7, 11) is 1.68. The van der Waals surface area contributed by atoms with Crippen molar-refractivity contribution in [3.63, 3.8) is 0 Å². The Hall–Kier alpha value is -3.72.